The van der Waals surface area contributed by atoms with Gasteiger partial charge in [-0.25, -0.2) is 13.1 Å². The molecule has 2 fully saturated rings. The van der Waals surface area contributed by atoms with Gasteiger partial charge in [0, 0.05) is 6.07 Å². The number of ether oxygens (including phenoxy) is 5. The molecule has 4 atom stereocenters. The molecular weight excluding hydrogens is 480 g/mol. The molecule has 3 aromatic rings. The van der Waals surface area contributed by atoms with Crippen molar-refractivity contribution in [1.82, 2.24) is 24.9 Å². The molecule has 13 nitrogen and oxygen atoms in total. The second-order valence-corrected chi connectivity index (χ2v) is 9.70. The van der Waals surface area contributed by atoms with Crippen LogP contribution in [0.3, 0.4) is 0 Å². The quantitative estimate of drug-likeness (QED) is 0.511. The van der Waals surface area contributed by atoms with Crippen molar-refractivity contribution in [3.05, 3.63) is 48.0 Å². The highest BCUT2D eigenvalue weighted by Crippen LogP contribution is 2.39. The second kappa shape index (κ2) is 8.47. The van der Waals surface area contributed by atoms with Crippen LogP contribution in [0.2, 0.25) is 0 Å². The van der Waals surface area contributed by atoms with E-state index in [-0.39, 0.29) is 36.5 Å². The standard InChI is InChI=1S/C21H18N6O7S/c22-8-12-3-1-2-4-18(12)35(28,29)24-14-9-30-20-15(10-31-19(14)20)27-21(23-25-26-27)34-13-5-6-16-17(7-13)33-11-32-16/h1-7,14-15,19-20,24H,9-11H2/t14-,15+,19-,20+/m1/s1. The molecule has 3 aliphatic heterocycles. The van der Waals surface area contributed by atoms with E-state index in [9.17, 15) is 13.7 Å². The Bertz CT molecular complexity index is 1420. The Kier molecular flexibility index (Phi) is 5.26. The van der Waals surface area contributed by atoms with Crippen LogP contribution in [0.5, 0.6) is 23.3 Å². The first kappa shape index (κ1) is 21.7. The normalized spacial score (nSPS) is 24.8. The number of aromatic nitrogens is 4. The van der Waals surface area contributed by atoms with Gasteiger partial charge < -0.3 is 23.7 Å². The van der Waals surface area contributed by atoms with Crippen molar-refractivity contribution < 1.29 is 32.1 Å². The first-order valence-electron chi connectivity index (χ1n) is 10.6. The molecule has 1 N–H and O–H groups in total. The highest BCUT2D eigenvalue weighted by atomic mass is 32.2. The molecule has 0 unspecified atom stereocenters. The molecule has 2 aromatic carbocycles. The molecule has 0 saturated carbocycles. The van der Waals surface area contributed by atoms with Crippen molar-refractivity contribution in [3.63, 3.8) is 0 Å². The number of tetrazole rings is 1. The van der Waals surface area contributed by atoms with Gasteiger partial charge in [0.1, 0.15) is 30.1 Å². The van der Waals surface area contributed by atoms with Gasteiger partial charge in [0.2, 0.25) is 16.8 Å². The first-order chi connectivity index (χ1) is 17.0. The zero-order valence-electron chi connectivity index (χ0n) is 18.0. The van der Waals surface area contributed by atoms with E-state index in [1.54, 1.807) is 30.3 Å². The van der Waals surface area contributed by atoms with Crippen molar-refractivity contribution in [2.75, 3.05) is 20.0 Å². The molecule has 1 aromatic heterocycles. The molecule has 3 aliphatic rings. The maximum Gasteiger partial charge on any atom is 0.341 e. The van der Waals surface area contributed by atoms with Crippen molar-refractivity contribution in [1.29, 1.82) is 5.26 Å². The van der Waals surface area contributed by atoms with Gasteiger partial charge >= 0.3 is 6.01 Å². The number of hydrogen-bond acceptors (Lipinski definition) is 11. The Morgan fingerprint density at radius 3 is 2.80 bits per heavy atom. The third kappa shape index (κ3) is 3.84. The maximum atomic E-state index is 13.0. The van der Waals surface area contributed by atoms with E-state index < -0.39 is 34.3 Å². The predicted octanol–water partition coefficient (Wildman–Crippen LogP) is 0.752. The van der Waals surface area contributed by atoms with Crippen molar-refractivity contribution in [3.8, 4) is 29.3 Å². The number of sulfonamides is 1. The highest BCUT2D eigenvalue weighted by molar-refractivity contribution is 7.89. The van der Waals surface area contributed by atoms with Crippen molar-refractivity contribution >= 4 is 10.0 Å². The molecule has 0 spiro atoms. The fourth-order valence-corrected chi connectivity index (χ4v) is 5.74. The van der Waals surface area contributed by atoms with Crippen LogP contribution in [-0.2, 0) is 19.5 Å². The molecule has 0 bridgehead atoms. The van der Waals surface area contributed by atoms with Crippen molar-refractivity contribution in [2.45, 2.75) is 29.2 Å². The lowest BCUT2D eigenvalue weighted by molar-refractivity contribution is 0.0615. The van der Waals surface area contributed by atoms with Crippen LogP contribution in [0.25, 0.3) is 0 Å². The summed E-state index contributed by atoms with van der Waals surface area (Å²) < 4.78 is 58.3. The fraction of sp³-hybridized carbons (Fsp3) is 0.333. The van der Waals surface area contributed by atoms with Crippen LogP contribution in [0.4, 0.5) is 0 Å². The minimum absolute atomic E-state index is 0.0553. The van der Waals surface area contributed by atoms with Gasteiger partial charge in [-0.2, -0.15) is 9.94 Å². The molecular formula is C21H18N6O7S. The zero-order valence-corrected chi connectivity index (χ0v) is 18.8. The van der Waals surface area contributed by atoms with Gasteiger partial charge in [-0.1, -0.05) is 17.2 Å². The summed E-state index contributed by atoms with van der Waals surface area (Å²) in [5, 5.41) is 21.0. The van der Waals surface area contributed by atoms with Gasteiger partial charge in [-0.3, -0.25) is 0 Å². The lowest BCUT2D eigenvalue weighted by Gasteiger charge is -2.18. The van der Waals surface area contributed by atoms with Gasteiger partial charge in [0.05, 0.1) is 29.7 Å². The summed E-state index contributed by atoms with van der Waals surface area (Å²) in [6.07, 6.45) is -1.09. The van der Waals surface area contributed by atoms with E-state index >= 15 is 0 Å². The number of nitrogens with zero attached hydrogens (tertiary/aromatic N) is 5. The number of rotatable bonds is 6. The van der Waals surface area contributed by atoms with E-state index in [4.69, 9.17) is 23.7 Å². The van der Waals surface area contributed by atoms with Crippen LogP contribution < -0.4 is 18.9 Å². The molecule has 6 rings (SSSR count). The SMILES string of the molecule is N#Cc1ccccc1S(=O)(=O)N[C@@H]1CO[C@@H]2[C@@H]1OC[C@@H]2n1nnnc1Oc1ccc2c(c1)OCO2. The Balaban J connectivity index is 1.18. The van der Waals surface area contributed by atoms with Gasteiger partial charge in [0.15, 0.2) is 11.5 Å². The van der Waals surface area contributed by atoms with E-state index in [1.807, 2.05) is 6.07 Å². The Hall–Kier alpha value is -3.77. The van der Waals surface area contributed by atoms with Gasteiger partial charge in [0.25, 0.3) is 0 Å². The number of nitriles is 1. The predicted molar refractivity (Wildman–Crippen MR) is 114 cm³/mol. The third-order valence-corrected chi connectivity index (χ3v) is 7.51. The maximum absolute atomic E-state index is 13.0. The molecule has 4 heterocycles. The molecule has 180 valence electrons. The van der Waals surface area contributed by atoms with Gasteiger partial charge in [-0.15, -0.1) is 0 Å². The van der Waals surface area contributed by atoms with Crippen LogP contribution in [-0.4, -0.2) is 66.9 Å². The summed E-state index contributed by atoms with van der Waals surface area (Å²) in [5.41, 5.74) is 0.0553. The van der Waals surface area contributed by atoms with E-state index in [1.165, 1.54) is 16.8 Å². The molecule has 35 heavy (non-hydrogen) atoms. The molecule has 0 radical (unpaired) electrons. The molecule has 0 amide bonds. The van der Waals surface area contributed by atoms with Gasteiger partial charge in [-0.05, 0) is 34.7 Å². The smallest absolute Gasteiger partial charge is 0.341 e. The number of hydrogen-bond donors (Lipinski definition) is 1. The minimum Gasteiger partial charge on any atom is -0.454 e. The lowest BCUT2D eigenvalue weighted by atomic mass is 10.1. The van der Waals surface area contributed by atoms with Crippen LogP contribution >= 0.6 is 0 Å². The number of nitrogens with one attached hydrogen (secondary N) is 1. The monoisotopic (exact) mass is 498 g/mol. The Morgan fingerprint density at radius 2 is 1.91 bits per heavy atom. The first-order valence-corrected chi connectivity index (χ1v) is 12.1. The average molecular weight is 498 g/mol. The summed E-state index contributed by atoms with van der Waals surface area (Å²) in [5.74, 6) is 1.63. The fourth-order valence-electron chi connectivity index (χ4n) is 4.35. The zero-order chi connectivity index (χ0) is 24.0. The summed E-state index contributed by atoms with van der Waals surface area (Å²) in [4.78, 5) is -0.0969. The third-order valence-electron chi connectivity index (χ3n) is 5.96. The molecule has 14 heteroatoms. The largest absolute Gasteiger partial charge is 0.454 e. The highest BCUT2D eigenvalue weighted by Gasteiger charge is 2.51. The summed E-state index contributed by atoms with van der Waals surface area (Å²) in [6.45, 7) is 0.411. The van der Waals surface area contributed by atoms with E-state index in [0.717, 1.165) is 0 Å². The number of benzene rings is 2. The lowest BCUT2D eigenvalue weighted by Crippen LogP contribution is -2.44. The summed E-state index contributed by atoms with van der Waals surface area (Å²) >= 11 is 0. The van der Waals surface area contributed by atoms with E-state index in [0.29, 0.717) is 17.2 Å². The topological polar surface area (TPSA) is 160 Å². The Morgan fingerprint density at radius 1 is 1.09 bits per heavy atom. The van der Waals surface area contributed by atoms with Crippen LogP contribution in [0, 0.1) is 11.3 Å². The average Bonchev–Trinajstić information content (AvgIpc) is 3.65. The summed E-state index contributed by atoms with van der Waals surface area (Å²) in [6, 6.07) is 12.0. The second-order valence-electron chi connectivity index (χ2n) is 8.02. The Labute approximate surface area is 199 Å². The molecule has 0 aliphatic carbocycles. The van der Waals surface area contributed by atoms with Crippen LogP contribution in [0.15, 0.2) is 47.4 Å². The van der Waals surface area contributed by atoms with Crippen LogP contribution in [0.1, 0.15) is 11.6 Å². The van der Waals surface area contributed by atoms with E-state index in [2.05, 4.69) is 20.2 Å². The molecule has 2 saturated heterocycles. The minimum atomic E-state index is -3.98. The summed E-state index contributed by atoms with van der Waals surface area (Å²) in [7, 11) is -3.98. The number of fused-ring (bicyclic) bond motifs is 2. The van der Waals surface area contributed by atoms with Crippen molar-refractivity contribution in [2.24, 2.45) is 0 Å².